The van der Waals surface area contributed by atoms with Gasteiger partial charge >= 0.3 is 0 Å². The molecule has 2 heterocycles. The normalized spacial score (nSPS) is 11.3. The highest BCUT2D eigenvalue weighted by atomic mass is 35.5. The highest BCUT2D eigenvalue weighted by Crippen LogP contribution is 2.22. The minimum atomic E-state index is 0.638. The summed E-state index contributed by atoms with van der Waals surface area (Å²) >= 11 is 7.54. The molecule has 0 aliphatic heterocycles. The van der Waals surface area contributed by atoms with Crippen LogP contribution in [0.5, 0.6) is 0 Å². The third kappa shape index (κ3) is 3.81. The predicted molar refractivity (Wildman–Crippen MR) is 75.8 cm³/mol. The van der Waals surface area contributed by atoms with Gasteiger partial charge in [-0.2, -0.15) is 0 Å². The van der Waals surface area contributed by atoms with Crippen molar-refractivity contribution in [2.45, 2.75) is 19.6 Å². The van der Waals surface area contributed by atoms with E-state index in [1.165, 1.54) is 4.88 Å². The minimum Gasteiger partial charge on any atom is -0.336 e. The van der Waals surface area contributed by atoms with Crippen LogP contribution < -0.4 is 5.73 Å². The molecule has 0 aliphatic carbocycles. The number of nitrogens with two attached hydrogens (primary N) is 1. The Morgan fingerprint density at radius 1 is 1.44 bits per heavy atom. The summed E-state index contributed by atoms with van der Waals surface area (Å²) < 4.78 is 2.86. The molecule has 0 aromatic carbocycles. The lowest BCUT2D eigenvalue weighted by molar-refractivity contribution is 0.318. The van der Waals surface area contributed by atoms with Gasteiger partial charge in [0.25, 0.3) is 0 Å². The summed E-state index contributed by atoms with van der Waals surface area (Å²) in [7, 11) is 2.08. The Hall–Kier alpha value is -0.880. The average molecular weight is 285 g/mol. The van der Waals surface area contributed by atoms with Gasteiger partial charge in [-0.05, 0) is 19.2 Å². The highest BCUT2D eigenvalue weighted by molar-refractivity contribution is 7.16. The summed E-state index contributed by atoms with van der Waals surface area (Å²) in [6, 6.07) is 4.00. The van der Waals surface area contributed by atoms with E-state index in [0.717, 1.165) is 29.7 Å². The van der Waals surface area contributed by atoms with Gasteiger partial charge < -0.3 is 10.3 Å². The Morgan fingerprint density at radius 2 is 2.28 bits per heavy atom. The van der Waals surface area contributed by atoms with Crippen LogP contribution in [0.2, 0.25) is 4.34 Å². The standard InChI is InChI=1S/C12H17ClN4S/c1-16(8-11-2-3-12(13)18-11)6-10-7-17(5-4-14)9-15-10/h2-3,7,9H,4-6,8,14H2,1H3. The second-order valence-electron chi connectivity index (χ2n) is 4.27. The van der Waals surface area contributed by atoms with Gasteiger partial charge in [-0.15, -0.1) is 11.3 Å². The lowest BCUT2D eigenvalue weighted by atomic mass is 10.4. The first-order chi connectivity index (χ1) is 8.67. The van der Waals surface area contributed by atoms with Crippen LogP contribution in [0.3, 0.4) is 0 Å². The van der Waals surface area contributed by atoms with E-state index in [2.05, 4.69) is 23.0 Å². The molecule has 98 valence electrons. The molecule has 18 heavy (non-hydrogen) atoms. The molecule has 2 rings (SSSR count). The van der Waals surface area contributed by atoms with Crippen LogP contribution in [0.25, 0.3) is 0 Å². The third-order valence-electron chi connectivity index (χ3n) is 2.56. The molecule has 0 aliphatic rings. The maximum absolute atomic E-state index is 5.91. The summed E-state index contributed by atoms with van der Waals surface area (Å²) in [6.07, 6.45) is 3.88. The fraction of sp³-hybridized carbons (Fsp3) is 0.417. The van der Waals surface area contributed by atoms with E-state index in [0.29, 0.717) is 6.54 Å². The quantitative estimate of drug-likeness (QED) is 0.884. The molecule has 0 saturated heterocycles. The molecule has 0 atom stereocenters. The molecule has 0 fully saturated rings. The van der Waals surface area contributed by atoms with Gasteiger partial charge in [-0.3, -0.25) is 4.90 Å². The number of hydrogen-bond acceptors (Lipinski definition) is 4. The van der Waals surface area contributed by atoms with Crippen molar-refractivity contribution >= 4 is 22.9 Å². The fourth-order valence-corrected chi connectivity index (χ4v) is 2.96. The zero-order chi connectivity index (χ0) is 13.0. The number of aromatic nitrogens is 2. The van der Waals surface area contributed by atoms with Gasteiger partial charge in [-0.25, -0.2) is 4.98 Å². The van der Waals surface area contributed by atoms with Gasteiger partial charge in [0, 0.05) is 37.3 Å². The van der Waals surface area contributed by atoms with Gasteiger partial charge in [-0.1, -0.05) is 11.6 Å². The summed E-state index contributed by atoms with van der Waals surface area (Å²) in [6.45, 7) is 3.17. The van der Waals surface area contributed by atoms with Crippen molar-refractivity contribution < 1.29 is 0 Å². The van der Waals surface area contributed by atoms with E-state index in [4.69, 9.17) is 17.3 Å². The molecular formula is C12H17ClN4S. The first-order valence-electron chi connectivity index (χ1n) is 5.81. The SMILES string of the molecule is CN(Cc1cn(CCN)cn1)Cc1ccc(Cl)s1. The lowest BCUT2D eigenvalue weighted by Gasteiger charge is -2.13. The third-order valence-corrected chi connectivity index (χ3v) is 3.78. The molecular weight excluding hydrogens is 268 g/mol. The summed E-state index contributed by atoms with van der Waals surface area (Å²) in [5, 5.41) is 0. The Morgan fingerprint density at radius 3 is 2.94 bits per heavy atom. The Bertz CT molecular complexity index is 494. The van der Waals surface area contributed by atoms with Crippen molar-refractivity contribution in [2.75, 3.05) is 13.6 Å². The number of rotatable bonds is 6. The zero-order valence-electron chi connectivity index (χ0n) is 10.3. The number of nitrogens with zero attached hydrogens (tertiary/aromatic N) is 3. The molecule has 0 unspecified atom stereocenters. The Balaban J connectivity index is 1.88. The molecule has 6 heteroatoms. The van der Waals surface area contributed by atoms with Crippen molar-refractivity contribution in [3.63, 3.8) is 0 Å². The van der Waals surface area contributed by atoms with E-state index in [1.54, 1.807) is 11.3 Å². The molecule has 0 bridgehead atoms. The van der Waals surface area contributed by atoms with Gasteiger partial charge in [0.2, 0.25) is 0 Å². The van der Waals surface area contributed by atoms with Crippen LogP contribution >= 0.6 is 22.9 Å². The minimum absolute atomic E-state index is 0.638. The topological polar surface area (TPSA) is 47.1 Å². The molecule has 2 aromatic heterocycles. The van der Waals surface area contributed by atoms with Gasteiger partial charge in [0.1, 0.15) is 0 Å². The molecule has 2 aromatic rings. The number of thiophene rings is 1. The van der Waals surface area contributed by atoms with E-state index in [1.807, 2.05) is 23.2 Å². The molecule has 0 saturated carbocycles. The van der Waals surface area contributed by atoms with Gasteiger partial charge in [0.15, 0.2) is 0 Å². The molecule has 0 spiro atoms. The van der Waals surface area contributed by atoms with E-state index in [-0.39, 0.29) is 0 Å². The van der Waals surface area contributed by atoms with Crippen molar-refractivity contribution in [1.82, 2.24) is 14.5 Å². The second kappa shape index (κ2) is 6.33. The van der Waals surface area contributed by atoms with E-state index >= 15 is 0 Å². The Kier molecular flexibility index (Phi) is 4.77. The zero-order valence-corrected chi connectivity index (χ0v) is 11.9. The monoisotopic (exact) mass is 284 g/mol. The van der Waals surface area contributed by atoms with Crippen LogP contribution in [0.4, 0.5) is 0 Å². The summed E-state index contributed by atoms with van der Waals surface area (Å²) in [5.74, 6) is 0. The van der Waals surface area contributed by atoms with Crippen molar-refractivity contribution in [1.29, 1.82) is 0 Å². The Labute approximate surface area is 116 Å². The number of halogens is 1. The highest BCUT2D eigenvalue weighted by Gasteiger charge is 2.06. The molecule has 0 amide bonds. The average Bonchev–Trinajstić information content (AvgIpc) is 2.89. The summed E-state index contributed by atoms with van der Waals surface area (Å²) in [5.41, 5.74) is 6.57. The first kappa shape index (κ1) is 13.5. The maximum atomic E-state index is 5.91. The lowest BCUT2D eigenvalue weighted by Crippen LogP contribution is -2.16. The first-order valence-corrected chi connectivity index (χ1v) is 7.00. The maximum Gasteiger partial charge on any atom is 0.0950 e. The van der Waals surface area contributed by atoms with E-state index in [9.17, 15) is 0 Å². The van der Waals surface area contributed by atoms with Crippen molar-refractivity contribution in [3.8, 4) is 0 Å². The largest absolute Gasteiger partial charge is 0.336 e. The second-order valence-corrected chi connectivity index (χ2v) is 6.07. The molecule has 0 radical (unpaired) electrons. The van der Waals surface area contributed by atoms with Crippen molar-refractivity contribution in [3.05, 3.63) is 39.6 Å². The van der Waals surface area contributed by atoms with Crippen LogP contribution in [-0.4, -0.2) is 28.0 Å². The van der Waals surface area contributed by atoms with Crippen LogP contribution in [0.15, 0.2) is 24.7 Å². The predicted octanol–water partition coefficient (Wildman–Crippen LogP) is 2.19. The van der Waals surface area contributed by atoms with Crippen LogP contribution in [0, 0.1) is 0 Å². The molecule has 2 N–H and O–H groups in total. The van der Waals surface area contributed by atoms with Gasteiger partial charge in [0.05, 0.1) is 16.4 Å². The summed E-state index contributed by atoms with van der Waals surface area (Å²) in [4.78, 5) is 7.85. The smallest absolute Gasteiger partial charge is 0.0950 e. The number of hydrogen-bond donors (Lipinski definition) is 1. The van der Waals surface area contributed by atoms with E-state index < -0.39 is 0 Å². The number of imidazole rings is 1. The van der Waals surface area contributed by atoms with Crippen molar-refractivity contribution in [2.24, 2.45) is 5.73 Å². The van der Waals surface area contributed by atoms with Crippen LogP contribution in [0.1, 0.15) is 10.6 Å². The van der Waals surface area contributed by atoms with Crippen LogP contribution in [-0.2, 0) is 19.6 Å². The molecule has 4 nitrogen and oxygen atoms in total. The fourth-order valence-electron chi connectivity index (χ4n) is 1.79.